The predicted octanol–water partition coefficient (Wildman–Crippen LogP) is 3.75. The van der Waals surface area contributed by atoms with Crippen molar-refractivity contribution in [1.29, 1.82) is 0 Å². The third-order valence-corrected chi connectivity index (χ3v) is 4.71. The highest BCUT2D eigenvalue weighted by Gasteiger charge is 2.19. The Balaban J connectivity index is 1.88. The molecule has 2 aromatic carbocycles. The summed E-state index contributed by atoms with van der Waals surface area (Å²) in [5.74, 6) is 0.664. The quantitative estimate of drug-likeness (QED) is 0.524. The molecule has 0 fully saturated rings. The minimum Gasteiger partial charge on any atom is -0.508 e. The molecule has 4 rings (SSSR count). The van der Waals surface area contributed by atoms with Gasteiger partial charge in [0.2, 0.25) is 0 Å². The Hall–Kier alpha value is -2.99. The first kappa shape index (κ1) is 13.7. The number of nitrogens with zero attached hydrogens (tertiary/aromatic N) is 2. The van der Waals surface area contributed by atoms with E-state index >= 15 is 0 Å². The van der Waals surface area contributed by atoms with Gasteiger partial charge < -0.3 is 15.9 Å². The molecule has 6 heteroatoms. The lowest BCUT2D eigenvalue weighted by molar-refractivity contribution is 0.475. The molecule has 2 heterocycles. The number of hydrogen-bond donors (Lipinski definition) is 3. The van der Waals surface area contributed by atoms with Gasteiger partial charge in [-0.2, -0.15) is 0 Å². The predicted molar refractivity (Wildman–Crippen MR) is 92.1 cm³/mol. The van der Waals surface area contributed by atoms with Crippen LogP contribution in [0.4, 0.5) is 5.82 Å². The van der Waals surface area contributed by atoms with Crippen molar-refractivity contribution in [3.05, 3.63) is 54.7 Å². The fraction of sp³-hybridized carbons (Fsp3) is 0. The van der Waals surface area contributed by atoms with Gasteiger partial charge in [0.05, 0.1) is 22.0 Å². The van der Waals surface area contributed by atoms with Crippen LogP contribution in [0.1, 0.15) is 0 Å². The van der Waals surface area contributed by atoms with E-state index in [1.54, 1.807) is 35.0 Å². The Morgan fingerprint density at radius 1 is 1.00 bits per heavy atom. The van der Waals surface area contributed by atoms with Crippen LogP contribution in [0.2, 0.25) is 0 Å². The van der Waals surface area contributed by atoms with Crippen LogP contribution in [0.25, 0.3) is 26.5 Å². The number of benzene rings is 2. The zero-order chi connectivity index (χ0) is 16.0. The Bertz CT molecular complexity index is 970. The molecule has 0 unspecified atom stereocenters. The lowest BCUT2D eigenvalue weighted by atomic mass is 10.3. The van der Waals surface area contributed by atoms with Gasteiger partial charge in [0.25, 0.3) is 0 Å². The summed E-state index contributed by atoms with van der Waals surface area (Å²) < 4.78 is 2.72. The second-order valence-corrected chi connectivity index (χ2v) is 6.18. The normalized spacial score (nSPS) is 11.1. The SMILES string of the molecule is Nc1c(-c2nc3ccccc3s2)c(O)cn1-c1ccc(O)cc1. The lowest BCUT2D eigenvalue weighted by Gasteiger charge is -2.06. The topological polar surface area (TPSA) is 84.3 Å². The summed E-state index contributed by atoms with van der Waals surface area (Å²) in [6.45, 7) is 0. The molecule has 0 aliphatic carbocycles. The van der Waals surface area contributed by atoms with Crippen LogP contribution in [0.3, 0.4) is 0 Å². The summed E-state index contributed by atoms with van der Waals surface area (Å²) in [6.07, 6.45) is 1.56. The second kappa shape index (κ2) is 5.03. The summed E-state index contributed by atoms with van der Waals surface area (Å²) in [5.41, 5.74) is 8.39. The molecule has 5 nitrogen and oxygen atoms in total. The molecule has 0 spiro atoms. The van der Waals surface area contributed by atoms with Crippen LogP contribution in [0, 0.1) is 0 Å². The van der Waals surface area contributed by atoms with Crippen LogP contribution in [-0.2, 0) is 0 Å². The summed E-state index contributed by atoms with van der Waals surface area (Å²) in [7, 11) is 0. The first-order valence-corrected chi connectivity index (χ1v) is 7.80. The van der Waals surface area contributed by atoms with Gasteiger partial charge in [-0.25, -0.2) is 4.98 Å². The lowest BCUT2D eigenvalue weighted by Crippen LogP contribution is -1.99. The number of fused-ring (bicyclic) bond motifs is 1. The van der Waals surface area contributed by atoms with Gasteiger partial charge in [-0.05, 0) is 36.4 Å². The molecular weight excluding hydrogens is 310 g/mol. The Morgan fingerprint density at radius 3 is 2.48 bits per heavy atom. The van der Waals surface area contributed by atoms with Crippen molar-refractivity contribution < 1.29 is 10.2 Å². The minimum atomic E-state index is 0.0784. The van der Waals surface area contributed by atoms with E-state index in [2.05, 4.69) is 4.98 Å². The molecule has 0 atom stereocenters. The molecule has 0 saturated heterocycles. The standard InChI is InChI=1S/C17H13N3O2S/c18-16-15(17-19-12-3-1-2-4-14(12)23-17)13(22)9-20(16)10-5-7-11(21)8-6-10/h1-9,21-22H,18H2. The van der Waals surface area contributed by atoms with E-state index in [0.717, 1.165) is 15.9 Å². The zero-order valence-electron chi connectivity index (χ0n) is 12.0. The summed E-state index contributed by atoms with van der Waals surface area (Å²) in [4.78, 5) is 4.55. The van der Waals surface area contributed by atoms with E-state index in [9.17, 15) is 10.2 Å². The Kier molecular flexibility index (Phi) is 2.99. The first-order valence-electron chi connectivity index (χ1n) is 6.98. The summed E-state index contributed by atoms with van der Waals surface area (Å²) in [5, 5.41) is 20.4. The number of phenolic OH excluding ortho intramolecular Hbond substituents is 1. The summed E-state index contributed by atoms with van der Waals surface area (Å²) >= 11 is 1.49. The van der Waals surface area contributed by atoms with Gasteiger partial charge in [0.1, 0.15) is 22.3 Å². The van der Waals surface area contributed by atoms with Crippen molar-refractivity contribution in [3.8, 4) is 27.8 Å². The van der Waals surface area contributed by atoms with Crippen LogP contribution < -0.4 is 5.73 Å². The second-order valence-electron chi connectivity index (χ2n) is 5.15. The van der Waals surface area contributed by atoms with Crippen LogP contribution in [0.5, 0.6) is 11.5 Å². The number of thiazole rings is 1. The molecule has 23 heavy (non-hydrogen) atoms. The maximum atomic E-state index is 10.3. The molecule has 0 aliphatic rings. The van der Waals surface area contributed by atoms with Crippen molar-refractivity contribution in [1.82, 2.24) is 9.55 Å². The first-order chi connectivity index (χ1) is 11.1. The number of nitrogens with two attached hydrogens (primary N) is 1. The molecule has 0 bridgehead atoms. The minimum absolute atomic E-state index is 0.0784. The average Bonchev–Trinajstić information content (AvgIpc) is 3.08. The highest BCUT2D eigenvalue weighted by atomic mass is 32.1. The molecular formula is C17H13N3O2S. The number of para-hydroxylation sites is 1. The van der Waals surface area contributed by atoms with Gasteiger partial charge >= 0.3 is 0 Å². The third-order valence-electron chi connectivity index (χ3n) is 3.66. The van der Waals surface area contributed by atoms with Gasteiger partial charge in [-0.3, -0.25) is 4.57 Å². The monoisotopic (exact) mass is 323 g/mol. The average molecular weight is 323 g/mol. The van der Waals surface area contributed by atoms with E-state index < -0.39 is 0 Å². The molecule has 0 aliphatic heterocycles. The number of rotatable bonds is 2. The molecule has 2 aromatic heterocycles. The van der Waals surface area contributed by atoms with Crippen LogP contribution in [-0.4, -0.2) is 19.8 Å². The van der Waals surface area contributed by atoms with Gasteiger partial charge in [-0.15, -0.1) is 11.3 Å². The van der Waals surface area contributed by atoms with Crippen molar-refractivity contribution in [3.63, 3.8) is 0 Å². The maximum absolute atomic E-state index is 10.3. The number of aromatic nitrogens is 2. The smallest absolute Gasteiger partial charge is 0.146 e. The van der Waals surface area contributed by atoms with E-state index in [-0.39, 0.29) is 11.5 Å². The van der Waals surface area contributed by atoms with Gasteiger partial charge in [0, 0.05) is 5.69 Å². The number of nitrogen functional groups attached to an aromatic ring is 1. The number of anilines is 1. The molecule has 4 N–H and O–H groups in total. The van der Waals surface area contributed by atoms with Crippen LogP contribution >= 0.6 is 11.3 Å². The molecule has 4 aromatic rings. The number of hydrogen-bond acceptors (Lipinski definition) is 5. The maximum Gasteiger partial charge on any atom is 0.146 e. The molecule has 0 saturated carbocycles. The zero-order valence-corrected chi connectivity index (χ0v) is 12.8. The molecule has 114 valence electrons. The largest absolute Gasteiger partial charge is 0.508 e. The fourth-order valence-corrected chi connectivity index (χ4v) is 3.56. The summed E-state index contributed by atoms with van der Waals surface area (Å²) in [6, 6.07) is 14.4. The van der Waals surface area contributed by atoms with Crippen molar-refractivity contribution in [2.45, 2.75) is 0 Å². The number of phenols is 1. The van der Waals surface area contributed by atoms with Gasteiger partial charge in [0.15, 0.2) is 0 Å². The highest BCUT2D eigenvalue weighted by molar-refractivity contribution is 7.21. The van der Waals surface area contributed by atoms with Crippen molar-refractivity contribution in [2.24, 2.45) is 0 Å². The van der Waals surface area contributed by atoms with Crippen LogP contribution in [0.15, 0.2) is 54.7 Å². The van der Waals surface area contributed by atoms with Crippen molar-refractivity contribution >= 4 is 27.4 Å². The number of aromatic hydroxyl groups is 2. The fourth-order valence-electron chi connectivity index (χ4n) is 2.53. The van der Waals surface area contributed by atoms with E-state index in [1.807, 2.05) is 24.3 Å². The highest BCUT2D eigenvalue weighted by Crippen LogP contribution is 2.41. The third kappa shape index (κ3) is 2.20. The van der Waals surface area contributed by atoms with E-state index in [1.165, 1.54) is 11.3 Å². The Labute approximate surface area is 135 Å². The van der Waals surface area contributed by atoms with E-state index in [4.69, 9.17) is 5.73 Å². The molecule has 0 amide bonds. The van der Waals surface area contributed by atoms with Gasteiger partial charge in [-0.1, -0.05) is 12.1 Å². The Morgan fingerprint density at radius 2 is 1.74 bits per heavy atom. The van der Waals surface area contributed by atoms with Crippen molar-refractivity contribution in [2.75, 3.05) is 5.73 Å². The van der Waals surface area contributed by atoms with E-state index in [0.29, 0.717) is 16.4 Å². The molecule has 0 radical (unpaired) electrons.